The summed E-state index contributed by atoms with van der Waals surface area (Å²) in [4.78, 5) is 0. The van der Waals surface area contributed by atoms with E-state index in [4.69, 9.17) is 4.42 Å². The highest BCUT2D eigenvalue weighted by molar-refractivity contribution is 5.27. The summed E-state index contributed by atoms with van der Waals surface area (Å²) >= 11 is 0. The van der Waals surface area contributed by atoms with Crippen molar-refractivity contribution in [3.05, 3.63) is 59.3 Å². The minimum Gasteiger partial charge on any atom is -0.472 e. The van der Waals surface area contributed by atoms with Crippen LogP contribution in [-0.4, -0.2) is 7.05 Å². The highest BCUT2D eigenvalue weighted by atomic mass is 19.1. The van der Waals surface area contributed by atoms with Crippen LogP contribution in [0.2, 0.25) is 0 Å². The molecule has 0 spiro atoms. The molecule has 0 amide bonds. The van der Waals surface area contributed by atoms with Crippen LogP contribution in [0.5, 0.6) is 0 Å². The summed E-state index contributed by atoms with van der Waals surface area (Å²) in [7, 11) is 1.88. The molecule has 1 unspecified atom stereocenters. The quantitative estimate of drug-likeness (QED) is 0.877. The Morgan fingerprint density at radius 1 is 1.35 bits per heavy atom. The van der Waals surface area contributed by atoms with Crippen LogP contribution >= 0.6 is 0 Å². The molecule has 2 nitrogen and oxygen atoms in total. The molecule has 1 aromatic carbocycles. The van der Waals surface area contributed by atoms with E-state index >= 15 is 0 Å². The largest absolute Gasteiger partial charge is 0.472 e. The molecule has 1 N–H and O–H groups in total. The van der Waals surface area contributed by atoms with Crippen LogP contribution in [0.25, 0.3) is 0 Å². The number of hydrogen-bond donors (Lipinski definition) is 1. The topological polar surface area (TPSA) is 25.2 Å². The first-order chi connectivity index (χ1) is 8.19. The van der Waals surface area contributed by atoms with E-state index in [9.17, 15) is 4.39 Å². The van der Waals surface area contributed by atoms with Crippen LogP contribution in [0.15, 0.2) is 41.2 Å². The Morgan fingerprint density at radius 2 is 2.18 bits per heavy atom. The zero-order valence-electron chi connectivity index (χ0n) is 10.0. The standard InChI is InChI=1S/C14H16FNO/c1-10-5-12(8-13(15)6-10)14(16-2)7-11-3-4-17-9-11/h3-6,8-9,14,16H,7H2,1-2H3. The second kappa shape index (κ2) is 5.15. The van der Waals surface area contributed by atoms with Crippen molar-refractivity contribution >= 4 is 0 Å². The molecule has 90 valence electrons. The lowest BCUT2D eigenvalue weighted by Gasteiger charge is -2.16. The highest BCUT2D eigenvalue weighted by Gasteiger charge is 2.12. The number of aryl methyl sites for hydroxylation is 1. The Hall–Kier alpha value is -1.61. The van der Waals surface area contributed by atoms with Crippen molar-refractivity contribution in [2.45, 2.75) is 19.4 Å². The minimum absolute atomic E-state index is 0.0991. The summed E-state index contributed by atoms with van der Waals surface area (Å²) in [6.07, 6.45) is 4.16. The van der Waals surface area contributed by atoms with Crippen LogP contribution in [0.4, 0.5) is 4.39 Å². The Bertz CT molecular complexity index is 459. The third kappa shape index (κ3) is 2.94. The second-order valence-corrected chi connectivity index (χ2v) is 4.24. The van der Waals surface area contributed by atoms with Crippen molar-refractivity contribution in [2.24, 2.45) is 0 Å². The number of hydrogen-bond acceptors (Lipinski definition) is 2. The molecular weight excluding hydrogens is 217 g/mol. The van der Waals surface area contributed by atoms with Gasteiger partial charge in [0.2, 0.25) is 0 Å². The van der Waals surface area contributed by atoms with Gasteiger partial charge in [0.25, 0.3) is 0 Å². The second-order valence-electron chi connectivity index (χ2n) is 4.24. The van der Waals surface area contributed by atoms with Crippen LogP contribution in [0.3, 0.4) is 0 Å². The Balaban J connectivity index is 2.22. The summed E-state index contributed by atoms with van der Waals surface area (Å²) in [5.74, 6) is -0.188. The first-order valence-corrected chi connectivity index (χ1v) is 5.64. The van der Waals surface area contributed by atoms with E-state index < -0.39 is 0 Å². The SMILES string of the molecule is CNC(Cc1ccoc1)c1cc(C)cc(F)c1. The third-order valence-corrected chi connectivity index (χ3v) is 2.84. The lowest BCUT2D eigenvalue weighted by Crippen LogP contribution is -2.18. The summed E-state index contributed by atoms with van der Waals surface area (Å²) < 4.78 is 18.4. The number of furan rings is 1. The molecule has 1 heterocycles. The molecule has 1 aromatic heterocycles. The molecule has 2 rings (SSSR count). The number of halogens is 1. The van der Waals surface area contributed by atoms with Crippen molar-refractivity contribution < 1.29 is 8.81 Å². The van der Waals surface area contributed by atoms with Gasteiger partial charge in [-0.3, -0.25) is 0 Å². The van der Waals surface area contributed by atoms with Crippen LogP contribution in [-0.2, 0) is 6.42 Å². The molecule has 0 fully saturated rings. The Labute approximate surface area is 100 Å². The molecule has 0 aliphatic rings. The van der Waals surface area contributed by atoms with Gasteiger partial charge in [-0.05, 0) is 55.3 Å². The number of rotatable bonds is 4. The smallest absolute Gasteiger partial charge is 0.123 e. The van der Waals surface area contributed by atoms with Gasteiger partial charge in [0, 0.05) is 6.04 Å². The zero-order chi connectivity index (χ0) is 12.3. The maximum absolute atomic E-state index is 13.4. The van der Waals surface area contributed by atoms with E-state index in [2.05, 4.69) is 5.32 Å². The average molecular weight is 233 g/mol. The van der Waals surface area contributed by atoms with Crippen LogP contribution < -0.4 is 5.32 Å². The van der Waals surface area contributed by atoms with E-state index in [0.717, 1.165) is 23.1 Å². The fraction of sp³-hybridized carbons (Fsp3) is 0.286. The van der Waals surface area contributed by atoms with Gasteiger partial charge in [-0.15, -0.1) is 0 Å². The summed E-state index contributed by atoms with van der Waals surface area (Å²) in [6, 6.07) is 7.14. The van der Waals surface area contributed by atoms with Gasteiger partial charge < -0.3 is 9.73 Å². The van der Waals surface area contributed by atoms with E-state index in [1.54, 1.807) is 18.6 Å². The van der Waals surface area contributed by atoms with Gasteiger partial charge in [0.1, 0.15) is 5.82 Å². The normalized spacial score (nSPS) is 12.6. The summed E-state index contributed by atoms with van der Waals surface area (Å²) in [5, 5.41) is 3.20. The maximum Gasteiger partial charge on any atom is 0.123 e. The number of nitrogens with one attached hydrogen (secondary N) is 1. The molecule has 0 aliphatic heterocycles. The van der Waals surface area contributed by atoms with E-state index in [1.807, 2.05) is 26.1 Å². The lowest BCUT2D eigenvalue weighted by molar-refractivity contribution is 0.549. The molecule has 1 atom stereocenters. The van der Waals surface area contributed by atoms with Crippen molar-refractivity contribution in [2.75, 3.05) is 7.05 Å². The Kier molecular flexibility index (Phi) is 3.59. The van der Waals surface area contributed by atoms with E-state index in [0.29, 0.717) is 0 Å². The summed E-state index contributed by atoms with van der Waals surface area (Å²) in [6.45, 7) is 1.90. The molecule has 0 bridgehead atoms. The number of likely N-dealkylation sites (N-methyl/N-ethyl adjacent to an activating group) is 1. The van der Waals surface area contributed by atoms with Gasteiger partial charge in [-0.1, -0.05) is 6.07 Å². The molecule has 0 saturated heterocycles. The van der Waals surface area contributed by atoms with Gasteiger partial charge in [-0.25, -0.2) is 4.39 Å². The zero-order valence-corrected chi connectivity index (χ0v) is 10.0. The highest BCUT2D eigenvalue weighted by Crippen LogP contribution is 2.20. The van der Waals surface area contributed by atoms with Crippen molar-refractivity contribution in [1.29, 1.82) is 0 Å². The van der Waals surface area contributed by atoms with Crippen molar-refractivity contribution in [3.63, 3.8) is 0 Å². The average Bonchev–Trinajstić information content (AvgIpc) is 2.77. The van der Waals surface area contributed by atoms with Crippen molar-refractivity contribution in [1.82, 2.24) is 5.32 Å². The molecule has 2 aromatic rings. The van der Waals surface area contributed by atoms with Crippen molar-refractivity contribution in [3.8, 4) is 0 Å². The summed E-state index contributed by atoms with van der Waals surface area (Å²) in [5.41, 5.74) is 3.00. The Morgan fingerprint density at radius 3 is 2.76 bits per heavy atom. The first kappa shape index (κ1) is 11.9. The van der Waals surface area contributed by atoms with Crippen LogP contribution in [0, 0.1) is 12.7 Å². The molecular formula is C14H16FNO. The molecule has 0 aliphatic carbocycles. The third-order valence-electron chi connectivity index (χ3n) is 2.84. The monoisotopic (exact) mass is 233 g/mol. The van der Waals surface area contributed by atoms with E-state index in [1.165, 1.54) is 6.07 Å². The predicted octanol–water partition coefficient (Wildman–Crippen LogP) is 3.23. The van der Waals surface area contributed by atoms with Gasteiger partial charge in [0.15, 0.2) is 0 Å². The molecule has 17 heavy (non-hydrogen) atoms. The van der Waals surface area contributed by atoms with Gasteiger partial charge in [-0.2, -0.15) is 0 Å². The first-order valence-electron chi connectivity index (χ1n) is 5.64. The molecule has 3 heteroatoms. The maximum atomic E-state index is 13.4. The number of benzene rings is 1. The lowest BCUT2D eigenvalue weighted by atomic mass is 9.99. The predicted molar refractivity (Wildman–Crippen MR) is 65.3 cm³/mol. The van der Waals surface area contributed by atoms with E-state index in [-0.39, 0.29) is 11.9 Å². The fourth-order valence-corrected chi connectivity index (χ4v) is 2.00. The fourth-order valence-electron chi connectivity index (χ4n) is 2.00. The van der Waals surface area contributed by atoms with Crippen LogP contribution in [0.1, 0.15) is 22.7 Å². The molecule has 0 radical (unpaired) electrons. The van der Waals surface area contributed by atoms with Gasteiger partial charge >= 0.3 is 0 Å². The minimum atomic E-state index is -0.188. The van der Waals surface area contributed by atoms with Gasteiger partial charge in [0.05, 0.1) is 12.5 Å². The molecule has 0 saturated carbocycles.